The molecule has 0 atom stereocenters. The minimum Gasteiger partial charge on any atom is -0.497 e. The van der Waals surface area contributed by atoms with Crippen molar-refractivity contribution < 1.29 is 4.74 Å². The lowest BCUT2D eigenvalue weighted by molar-refractivity contribution is 0.415. The highest BCUT2D eigenvalue weighted by molar-refractivity contribution is 5.58. The Labute approximate surface area is 145 Å². The minimum atomic E-state index is 0.669. The number of aromatic nitrogens is 5. The van der Waals surface area contributed by atoms with Crippen molar-refractivity contribution in [1.29, 1.82) is 0 Å². The second-order valence-electron chi connectivity index (χ2n) is 5.65. The summed E-state index contributed by atoms with van der Waals surface area (Å²) in [7, 11) is 1.66. The van der Waals surface area contributed by atoms with E-state index >= 15 is 0 Å². The summed E-state index contributed by atoms with van der Waals surface area (Å²) in [6.45, 7) is 0.669. The fraction of sp³-hybridized carbons (Fsp3) is 0.105. The fourth-order valence-electron chi connectivity index (χ4n) is 2.63. The van der Waals surface area contributed by atoms with Crippen LogP contribution in [-0.2, 0) is 6.54 Å². The van der Waals surface area contributed by atoms with Crippen LogP contribution in [0.3, 0.4) is 0 Å². The molecule has 0 bridgehead atoms. The van der Waals surface area contributed by atoms with Gasteiger partial charge in [-0.3, -0.25) is 0 Å². The third kappa shape index (κ3) is 3.28. The van der Waals surface area contributed by atoms with Gasteiger partial charge in [0.25, 0.3) is 0 Å². The van der Waals surface area contributed by atoms with E-state index in [4.69, 9.17) is 4.74 Å². The monoisotopic (exact) mass is 331 g/mol. The molecule has 124 valence electrons. The van der Waals surface area contributed by atoms with Crippen LogP contribution in [0.1, 0.15) is 5.56 Å². The summed E-state index contributed by atoms with van der Waals surface area (Å²) in [4.78, 5) is 0. The van der Waals surface area contributed by atoms with Crippen molar-refractivity contribution in [2.75, 3.05) is 7.11 Å². The van der Waals surface area contributed by atoms with Crippen LogP contribution in [0.4, 0.5) is 0 Å². The van der Waals surface area contributed by atoms with Gasteiger partial charge in [-0.05, 0) is 48.0 Å². The Morgan fingerprint density at radius 1 is 1.00 bits per heavy atom. The van der Waals surface area contributed by atoms with Gasteiger partial charge in [-0.25, -0.2) is 9.36 Å². The zero-order valence-electron chi connectivity index (χ0n) is 13.8. The molecule has 4 rings (SSSR count). The maximum Gasteiger partial charge on any atom is 0.118 e. The van der Waals surface area contributed by atoms with E-state index in [1.54, 1.807) is 13.3 Å². The predicted molar refractivity (Wildman–Crippen MR) is 94.7 cm³/mol. The van der Waals surface area contributed by atoms with Gasteiger partial charge >= 0.3 is 0 Å². The lowest BCUT2D eigenvalue weighted by Gasteiger charge is -2.04. The van der Waals surface area contributed by atoms with E-state index in [0.29, 0.717) is 6.54 Å². The van der Waals surface area contributed by atoms with Gasteiger partial charge in [0.05, 0.1) is 25.5 Å². The summed E-state index contributed by atoms with van der Waals surface area (Å²) in [5.74, 6) is 0.827. The van der Waals surface area contributed by atoms with Gasteiger partial charge in [0.1, 0.15) is 11.4 Å². The largest absolute Gasteiger partial charge is 0.497 e. The Hall–Kier alpha value is -3.41. The zero-order chi connectivity index (χ0) is 17.1. The molecule has 25 heavy (non-hydrogen) atoms. The average molecular weight is 331 g/mol. The molecule has 0 saturated carbocycles. The molecule has 0 spiro atoms. The normalized spacial score (nSPS) is 10.8. The van der Waals surface area contributed by atoms with Crippen molar-refractivity contribution in [3.05, 3.63) is 78.8 Å². The van der Waals surface area contributed by atoms with E-state index < -0.39 is 0 Å². The second-order valence-corrected chi connectivity index (χ2v) is 5.65. The summed E-state index contributed by atoms with van der Waals surface area (Å²) in [5, 5.41) is 12.7. The number of methoxy groups -OCH3 is 1. The molecular weight excluding hydrogens is 314 g/mol. The minimum absolute atomic E-state index is 0.669. The lowest BCUT2D eigenvalue weighted by Crippen LogP contribution is -2.01. The van der Waals surface area contributed by atoms with Crippen LogP contribution in [0.2, 0.25) is 0 Å². The Morgan fingerprint density at radius 2 is 1.80 bits per heavy atom. The van der Waals surface area contributed by atoms with Gasteiger partial charge in [0.15, 0.2) is 0 Å². The SMILES string of the molecule is COc1ccc(-c2cn(Cc3ccc(-n4cccn4)cc3)nn2)cc1. The number of benzene rings is 2. The van der Waals surface area contributed by atoms with Crippen molar-refractivity contribution in [2.45, 2.75) is 6.54 Å². The topological polar surface area (TPSA) is 57.8 Å². The average Bonchev–Trinajstić information content (AvgIpc) is 3.35. The number of ether oxygens (including phenoxy) is 1. The van der Waals surface area contributed by atoms with Crippen LogP contribution in [0.5, 0.6) is 5.75 Å². The maximum atomic E-state index is 5.18. The molecule has 2 heterocycles. The number of nitrogens with zero attached hydrogens (tertiary/aromatic N) is 5. The van der Waals surface area contributed by atoms with E-state index in [1.165, 1.54) is 0 Å². The molecule has 0 N–H and O–H groups in total. The number of rotatable bonds is 5. The summed E-state index contributed by atoms with van der Waals surface area (Å²) >= 11 is 0. The van der Waals surface area contributed by atoms with Crippen LogP contribution in [0.15, 0.2) is 73.2 Å². The molecule has 0 aliphatic heterocycles. The van der Waals surface area contributed by atoms with Crippen molar-refractivity contribution >= 4 is 0 Å². The first-order chi connectivity index (χ1) is 12.3. The molecule has 0 saturated heterocycles. The Balaban J connectivity index is 1.49. The zero-order valence-corrected chi connectivity index (χ0v) is 13.8. The fourth-order valence-corrected chi connectivity index (χ4v) is 2.63. The summed E-state index contributed by atoms with van der Waals surface area (Å²) in [5.41, 5.74) is 4.05. The predicted octanol–water partition coefficient (Wildman–Crippen LogP) is 3.19. The molecule has 0 aliphatic rings. The number of hydrogen-bond acceptors (Lipinski definition) is 4. The van der Waals surface area contributed by atoms with E-state index in [0.717, 1.165) is 28.3 Å². The van der Waals surface area contributed by atoms with Gasteiger partial charge in [0, 0.05) is 18.0 Å². The van der Waals surface area contributed by atoms with Crippen LogP contribution >= 0.6 is 0 Å². The van der Waals surface area contributed by atoms with Crippen LogP contribution in [0, 0.1) is 0 Å². The standard InChI is InChI=1S/C19H17N5O/c1-25-18-9-5-16(6-10-18)19-14-23(22-21-19)13-15-3-7-17(8-4-15)24-12-2-11-20-24/h2-12,14H,13H2,1H3. The molecule has 2 aromatic carbocycles. The molecule has 0 radical (unpaired) electrons. The Kier molecular flexibility index (Phi) is 4.00. The van der Waals surface area contributed by atoms with Crippen molar-refractivity contribution in [3.63, 3.8) is 0 Å². The van der Waals surface area contributed by atoms with E-state index in [2.05, 4.69) is 27.5 Å². The Morgan fingerprint density at radius 3 is 2.48 bits per heavy atom. The molecule has 0 unspecified atom stereocenters. The summed E-state index contributed by atoms with van der Waals surface area (Å²) in [6, 6.07) is 17.9. The quantitative estimate of drug-likeness (QED) is 0.563. The molecule has 6 nitrogen and oxygen atoms in total. The number of hydrogen-bond donors (Lipinski definition) is 0. The van der Waals surface area contributed by atoms with Crippen LogP contribution in [-0.4, -0.2) is 31.9 Å². The molecule has 2 aromatic heterocycles. The van der Waals surface area contributed by atoms with Gasteiger partial charge in [0.2, 0.25) is 0 Å². The van der Waals surface area contributed by atoms with Gasteiger partial charge < -0.3 is 4.74 Å². The summed E-state index contributed by atoms with van der Waals surface area (Å²) < 4.78 is 8.85. The highest BCUT2D eigenvalue weighted by Crippen LogP contribution is 2.20. The first-order valence-electron chi connectivity index (χ1n) is 7.95. The molecule has 0 aliphatic carbocycles. The van der Waals surface area contributed by atoms with Gasteiger partial charge in [-0.15, -0.1) is 5.10 Å². The van der Waals surface area contributed by atoms with Crippen LogP contribution in [0.25, 0.3) is 16.9 Å². The molecule has 0 amide bonds. The first-order valence-corrected chi connectivity index (χ1v) is 7.95. The van der Waals surface area contributed by atoms with Gasteiger partial charge in [-0.2, -0.15) is 5.10 Å². The maximum absolute atomic E-state index is 5.18. The Bertz CT molecular complexity index is 940. The van der Waals surface area contributed by atoms with E-state index in [9.17, 15) is 0 Å². The second kappa shape index (κ2) is 6.60. The smallest absolute Gasteiger partial charge is 0.118 e. The van der Waals surface area contributed by atoms with E-state index in [-0.39, 0.29) is 0 Å². The highest BCUT2D eigenvalue weighted by Gasteiger charge is 2.05. The van der Waals surface area contributed by atoms with Crippen molar-refractivity contribution in [2.24, 2.45) is 0 Å². The first kappa shape index (κ1) is 15.1. The highest BCUT2D eigenvalue weighted by atomic mass is 16.5. The van der Waals surface area contributed by atoms with Crippen LogP contribution < -0.4 is 4.74 Å². The van der Waals surface area contributed by atoms with Crippen molar-refractivity contribution in [1.82, 2.24) is 24.8 Å². The van der Waals surface area contributed by atoms with E-state index in [1.807, 2.05) is 64.2 Å². The third-order valence-electron chi connectivity index (χ3n) is 3.97. The summed E-state index contributed by atoms with van der Waals surface area (Å²) in [6.07, 6.45) is 5.64. The van der Waals surface area contributed by atoms with Gasteiger partial charge in [-0.1, -0.05) is 17.3 Å². The molecule has 4 aromatic rings. The molecule has 0 fully saturated rings. The lowest BCUT2D eigenvalue weighted by atomic mass is 10.1. The molecule has 6 heteroatoms. The molecular formula is C19H17N5O. The van der Waals surface area contributed by atoms with Crippen molar-refractivity contribution in [3.8, 4) is 22.7 Å². The third-order valence-corrected chi connectivity index (χ3v) is 3.97.